The molecular weight excluding hydrogens is 473 g/mol. The van der Waals surface area contributed by atoms with E-state index in [2.05, 4.69) is 46.0 Å². The lowest BCUT2D eigenvalue weighted by Gasteiger charge is -2.12. The standard InChI is InChI=1S/C20H25N3O2S.HI/c1-4-12-25-19-14-16(8-9-18(19)24-3)15-23-20(21-5-2)22-11-10-17-7-6-13-26-17;/h1,6-9,13-14H,5,10-12,15H2,2-3H3,(H2,21,22,23);1H. The second-order valence-corrected chi connectivity index (χ2v) is 6.46. The molecule has 2 rings (SSSR count). The molecule has 2 N–H and O–H groups in total. The smallest absolute Gasteiger partial charge is 0.191 e. The fourth-order valence-corrected chi connectivity index (χ4v) is 3.03. The van der Waals surface area contributed by atoms with Gasteiger partial charge < -0.3 is 20.1 Å². The number of hydrogen-bond acceptors (Lipinski definition) is 4. The van der Waals surface area contributed by atoms with E-state index in [4.69, 9.17) is 15.9 Å². The molecule has 1 aromatic heterocycles. The van der Waals surface area contributed by atoms with Crippen molar-refractivity contribution in [2.24, 2.45) is 4.99 Å². The lowest BCUT2D eigenvalue weighted by atomic mass is 10.2. The van der Waals surface area contributed by atoms with E-state index in [1.807, 2.05) is 18.2 Å². The van der Waals surface area contributed by atoms with E-state index in [9.17, 15) is 0 Å². The Bertz CT molecular complexity index is 742. The molecule has 0 radical (unpaired) electrons. The Balaban J connectivity index is 0.00000364. The van der Waals surface area contributed by atoms with Gasteiger partial charge in [-0.2, -0.15) is 0 Å². The zero-order valence-corrected chi connectivity index (χ0v) is 18.8. The summed E-state index contributed by atoms with van der Waals surface area (Å²) in [5, 5.41) is 8.72. The minimum absolute atomic E-state index is 0. The summed E-state index contributed by atoms with van der Waals surface area (Å²) in [4.78, 5) is 6.00. The molecule has 0 aliphatic carbocycles. The van der Waals surface area contributed by atoms with Crippen molar-refractivity contribution >= 4 is 41.3 Å². The predicted octanol–water partition coefficient (Wildman–Crippen LogP) is 3.68. The highest BCUT2D eigenvalue weighted by atomic mass is 127. The molecule has 0 atom stereocenters. The second kappa shape index (κ2) is 13.3. The van der Waals surface area contributed by atoms with Gasteiger partial charge in [0.05, 0.1) is 13.7 Å². The van der Waals surface area contributed by atoms with Crippen LogP contribution in [-0.2, 0) is 13.0 Å². The molecule has 1 heterocycles. The monoisotopic (exact) mass is 499 g/mol. The zero-order chi connectivity index (χ0) is 18.6. The largest absolute Gasteiger partial charge is 0.493 e. The average molecular weight is 499 g/mol. The molecule has 0 aliphatic heterocycles. The van der Waals surface area contributed by atoms with Gasteiger partial charge in [-0.3, -0.25) is 0 Å². The highest BCUT2D eigenvalue weighted by Crippen LogP contribution is 2.28. The minimum Gasteiger partial charge on any atom is -0.493 e. The maximum absolute atomic E-state index is 5.54. The van der Waals surface area contributed by atoms with Crippen LogP contribution in [0.4, 0.5) is 0 Å². The Kier molecular flexibility index (Phi) is 11.4. The number of hydrogen-bond donors (Lipinski definition) is 2. The number of methoxy groups -OCH3 is 1. The lowest BCUT2D eigenvalue weighted by Crippen LogP contribution is -2.38. The average Bonchev–Trinajstić information content (AvgIpc) is 3.18. The van der Waals surface area contributed by atoms with Gasteiger partial charge in [-0.1, -0.05) is 18.1 Å². The summed E-state index contributed by atoms with van der Waals surface area (Å²) in [5.41, 5.74) is 1.02. The Morgan fingerprint density at radius 3 is 2.78 bits per heavy atom. The van der Waals surface area contributed by atoms with E-state index in [0.717, 1.165) is 31.0 Å². The van der Waals surface area contributed by atoms with Crippen LogP contribution < -0.4 is 20.1 Å². The van der Waals surface area contributed by atoms with Crippen molar-refractivity contribution in [2.45, 2.75) is 19.9 Å². The van der Waals surface area contributed by atoms with Crippen LogP contribution in [0.2, 0.25) is 0 Å². The normalized spacial score (nSPS) is 10.5. The molecule has 1 aromatic carbocycles. The van der Waals surface area contributed by atoms with E-state index in [1.165, 1.54) is 4.88 Å². The highest BCUT2D eigenvalue weighted by Gasteiger charge is 2.06. The van der Waals surface area contributed by atoms with Crippen molar-refractivity contribution in [3.63, 3.8) is 0 Å². The van der Waals surface area contributed by atoms with E-state index in [-0.39, 0.29) is 30.6 Å². The van der Waals surface area contributed by atoms with Crippen LogP contribution >= 0.6 is 35.3 Å². The van der Waals surface area contributed by atoms with Crippen LogP contribution in [0.3, 0.4) is 0 Å². The van der Waals surface area contributed by atoms with Gasteiger partial charge in [-0.05, 0) is 42.5 Å². The van der Waals surface area contributed by atoms with E-state index in [0.29, 0.717) is 18.0 Å². The van der Waals surface area contributed by atoms with Crippen LogP contribution in [0.15, 0.2) is 40.7 Å². The van der Waals surface area contributed by atoms with E-state index in [1.54, 1.807) is 18.4 Å². The highest BCUT2D eigenvalue weighted by molar-refractivity contribution is 14.0. The number of benzene rings is 1. The fourth-order valence-electron chi connectivity index (χ4n) is 2.32. The zero-order valence-electron chi connectivity index (χ0n) is 15.7. The first-order valence-electron chi connectivity index (χ1n) is 8.54. The summed E-state index contributed by atoms with van der Waals surface area (Å²) in [5.74, 6) is 4.56. The molecule has 0 saturated heterocycles. The Morgan fingerprint density at radius 1 is 1.26 bits per heavy atom. The molecular formula is C20H26IN3O2S. The molecule has 7 heteroatoms. The van der Waals surface area contributed by atoms with Gasteiger partial charge in [0.2, 0.25) is 0 Å². The third-order valence-electron chi connectivity index (χ3n) is 3.55. The molecule has 0 spiro atoms. The summed E-state index contributed by atoms with van der Waals surface area (Å²) in [7, 11) is 1.61. The number of terminal acetylenes is 1. The van der Waals surface area contributed by atoms with Crippen LogP contribution in [0.1, 0.15) is 17.4 Å². The molecule has 0 aliphatic rings. The van der Waals surface area contributed by atoms with Gasteiger partial charge in [0.15, 0.2) is 17.5 Å². The van der Waals surface area contributed by atoms with Gasteiger partial charge in [-0.25, -0.2) is 4.99 Å². The molecule has 0 amide bonds. The third kappa shape index (κ3) is 8.10. The first-order valence-corrected chi connectivity index (χ1v) is 9.42. The van der Waals surface area contributed by atoms with E-state index >= 15 is 0 Å². The van der Waals surface area contributed by atoms with Gasteiger partial charge in [0.25, 0.3) is 0 Å². The van der Waals surface area contributed by atoms with Gasteiger partial charge in [0, 0.05) is 18.0 Å². The summed E-state index contributed by atoms with van der Waals surface area (Å²) in [6, 6.07) is 9.97. The van der Waals surface area contributed by atoms with Gasteiger partial charge >= 0.3 is 0 Å². The summed E-state index contributed by atoms with van der Waals surface area (Å²) < 4.78 is 10.8. The van der Waals surface area contributed by atoms with E-state index < -0.39 is 0 Å². The summed E-state index contributed by atoms with van der Waals surface area (Å²) in [6.45, 7) is 4.44. The fraction of sp³-hybridized carbons (Fsp3) is 0.350. The summed E-state index contributed by atoms with van der Waals surface area (Å²) >= 11 is 1.77. The quantitative estimate of drug-likeness (QED) is 0.239. The first kappa shape index (κ1) is 23.1. The number of nitrogens with zero attached hydrogens (tertiary/aromatic N) is 1. The Labute approximate surface area is 182 Å². The third-order valence-corrected chi connectivity index (χ3v) is 4.48. The number of aliphatic imine (C=N–C) groups is 1. The molecule has 146 valence electrons. The van der Waals surface area contributed by atoms with Crippen molar-refractivity contribution in [1.29, 1.82) is 0 Å². The van der Waals surface area contributed by atoms with Gasteiger partial charge in [0.1, 0.15) is 6.61 Å². The van der Waals surface area contributed by atoms with Crippen LogP contribution in [-0.4, -0.2) is 32.8 Å². The summed E-state index contributed by atoms with van der Waals surface area (Å²) in [6.07, 6.45) is 6.25. The molecule has 27 heavy (non-hydrogen) atoms. The van der Waals surface area contributed by atoms with Crippen molar-refractivity contribution in [3.05, 3.63) is 46.2 Å². The molecule has 0 saturated carbocycles. The Hall–Kier alpha value is -1.92. The number of thiophene rings is 1. The van der Waals surface area contributed by atoms with Crippen molar-refractivity contribution in [2.75, 3.05) is 26.8 Å². The lowest BCUT2D eigenvalue weighted by molar-refractivity contribution is 0.330. The van der Waals surface area contributed by atoms with Crippen LogP contribution in [0, 0.1) is 12.3 Å². The number of ether oxygens (including phenoxy) is 2. The second-order valence-electron chi connectivity index (χ2n) is 5.43. The molecule has 2 aromatic rings. The number of nitrogens with one attached hydrogen (secondary N) is 2. The predicted molar refractivity (Wildman–Crippen MR) is 124 cm³/mol. The maximum atomic E-state index is 5.54. The van der Waals surface area contributed by atoms with Crippen molar-refractivity contribution in [1.82, 2.24) is 10.6 Å². The van der Waals surface area contributed by atoms with Crippen LogP contribution in [0.25, 0.3) is 0 Å². The van der Waals surface area contributed by atoms with Crippen LogP contribution in [0.5, 0.6) is 11.5 Å². The molecule has 0 fully saturated rings. The SMILES string of the molecule is C#CCOc1cc(CN=C(NCC)NCCc2cccs2)ccc1OC.I. The maximum Gasteiger partial charge on any atom is 0.191 e. The van der Waals surface area contributed by atoms with Gasteiger partial charge in [-0.15, -0.1) is 41.7 Å². The molecule has 0 unspecified atom stereocenters. The molecule has 0 bridgehead atoms. The number of halogens is 1. The number of guanidine groups is 1. The molecule has 5 nitrogen and oxygen atoms in total. The van der Waals surface area contributed by atoms with Crippen molar-refractivity contribution in [3.8, 4) is 23.8 Å². The topological polar surface area (TPSA) is 54.9 Å². The minimum atomic E-state index is 0. The Morgan fingerprint density at radius 2 is 2.11 bits per heavy atom. The van der Waals surface area contributed by atoms with Crippen molar-refractivity contribution < 1.29 is 9.47 Å². The number of rotatable bonds is 9. The first-order chi connectivity index (χ1) is 12.8.